The Labute approximate surface area is 113 Å². The van der Waals surface area contributed by atoms with E-state index in [-0.39, 0.29) is 23.7 Å². The average Bonchev–Trinajstić information content (AvgIpc) is 2.70. The quantitative estimate of drug-likeness (QED) is 0.893. The Hall–Kier alpha value is -1.07. The van der Waals surface area contributed by atoms with Gasteiger partial charge in [0.25, 0.3) is 0 Å². The number of sulfone groups is 1. The van der Waals surface area contributed by atoms with Crippen LogP contribution in [0.2, 0.25) is 0 Å². The van der Waals surface area contributed by atoms with Crippen molar-refractivity contribution in [2.45, 2.75) is 37.8 Å². The van der Waals surface area contributed by atoms with Crippen molar-refractivity contribution in [1.82, 2.24) is 0 Å². The minimum Gasteiger partial charge on any atom is -0.489 e. The molecule has 0 amide bonds. The molecule has 2 atom stereocenters. The topological polar surface area (TPSA) is 69.4 Å². The van der Waals surface area contributed by atoms with E-state index in [9.17, 15) is 8.42 Å². The van der Waals surface area contributed by atoms with Gasteiger partial charge in [0, 0.05) is 6.04 Å². The molecule has 1 aliphatic carbocycles. The summed E-state index contributed by atoms with van der Waals surface area (Å²) in [7, 11) is -2.89. The maximum absolute atomic E-state index is 11.4. The molecule has 19 heavy (non-hydrogen) atoms. The van der Waals surface area contributed by atoms with E-state index in [2.05, 4.69) is 6.07 Å². The molecule has 1 aliphatic heterocycles. The monoisotopic (exact) mass is 281 g/mol. The highest BCUT2D eigenvalue weighted by molar-refractivity contribution is 7.91. The predicted molar refractivity (Wildman–Crippen MR) is 74.0 cm³/mol. The van der Waals surface area contributed by atoms with Crippen LogP contribution < -0.4 is 10.5 Å². The summed E-state index contributed by atoms with van der Waals surface area (Å²) in [5.41, 5.74) is 8.57. The largest absolute Gasteiger partial charge is 0.489 e. The van der Waals surface area contributed by atoms with Gasteiger partial charge in [-0.05, 0) is 48.9 Å². The number of fused-ring (bicyclic) bond motifs is 1. The Morgan fingerprint density at radius 2 is 2.11 bits per heavy atom. The fraction of sp³-hybridized carbons (Fsp3) is 0.571. The molecule has 104 valence electrons. The van der Waals surface area contributed by atoms with E-state index in [0.717, 1.165) is 30.6 Å². The molecule has 2 N–H and O–H groups in total. The van der Waals surface area contributed by atoms with Crippen molar-refractivity contribution >= 4 is 9.84 Å². The minimum absolute atomic E-state index is 0.0830. The number of hydrogen-bond acceptors (Lipinski definition) is 4. The molecule has 2 aliphatic rings. The first-order valence-corrected chi connectivity index (χ1v) is 8.61. The van der Waals surface area contributed by atoms with Crippen LogP contribution in [-0.4, -0.2) is 26.0 Å². The van der Waals surface area contributed by atoms with E-state index in [4.69, 9.17) is 10.5 Å². The van der Waals surface area contributed by atoms with Gasteiger partial charge < -0.3 is 10.5 Å². The Kier molecular flexibility index (Phi) is 3.27. The summed E-state index contributed by atoms with van der Waals surface area (Å²) in [6.45, 7) is 0. The number of rotatable bonds is 2. The highest BCUT2D eigenvalue weighted by Crippen LogP contribution is 2.31. The third kappa shape index (κ3) is 2.77. The summed E-state index contributed by atoms with van der Waals surface area (Å²) in [6.07, 6.45) is 3.60. The van der Waals surface area contributed by atoms with Crippen LogP contribution in [0.15, 0.2) is 18.2 Å². The lowest BCUT2D eigenvalue weighted by atomic mass is 9.88. The lowest BCUT2D eigenvalue weighted by molar-refractivity contribution is 0.228. The highest BCUT2D eigenvalue weighted by Gasteiger charge is 2.29. The van der Waals surface area contributed by atoms with Crippen LogP contribution in [0.25, 0.3) is 0 Å². The molecule has 1 heterocycles. The number of nitrogens with two attached hydrogens (primary N) is 1. The van der Waals surface area contributed by atoms with Gasteiger partial charge >= 0.3 is 0 Å². The van der Waals surface area contributed by atoms with Gasteiger partial charge in [0.2, 0.25) is 0 Å². The minimum atomic E-state index is -2.89. The van der Waals surface area contributed by atoms with Gasteiger partial charge in [-0.1, -0.05) is 6.07 Å². The standard InChI is InChI=1S/C14H19NO3S/c15-14-3-1-2-10-4-5-11(8-13(10)14)18-12-6-7-19(16,17)9-12/h4-5,8,12,14H,1-3,6-7,9,15H2/t12?,14-/m1/s1. The van der Waals surface area contributed by atoms with E-state index < -0.39 is 9.84 Å². The summed E-state index contributed by atoms with van der Waals surface area (Å²) in [6, 6.07) is 6.07. The van der Waals surface area contributed by atoms with Gasteiger partial charge in [-0.15, -0.1) is 0 Å². The molecule has 1 fully saturated rings. The van der Waals surface area contributed by atoms with E-state index in [1.165, 1.54) is 5.56 Å². The van der Waals surface area contributed by atoms with Crippen LogP contribution in [-0.2, 0) is 16.3 Å². The summed E-state index contributed by atoms with van der Waals surface area (Å²) in [5, 5.41) is 0. The zero-order valence-electron chi connectivity index (χ0n) is 10.8. The first kappa shape index (κ1) is 12.9. The van der Waals surface area contributed by atoms with Crippen LogP contribution in [0, 0.1) is 0 Å². The highest BCUT2D eigenvalue weighted by atomic mass is 32.2. The summed E-state index contributed by atoms with van der Waals surface area (Å²) in [4.78, 5) is 0. The average molecular weight is 281 g/mol. The number of aryl methyl sites for hydroxylation is 1. The lowest BCUT2D eigenvalue weighted by Crippen LogP contribution is -2.20. The molecule has 0 spiro atoms. The van der Waals surface area contributed by atoms with Crippen molar-refractivity contribution in [3.63, 3.8) is 0 Å². The summed E-state index contributed by atoms with van der Waals surface area (Å²) < 4.78 is 28.6. The fourth-order valence-electron chi connectivity index (χ4n) is 2.93. The number of ether oxygens (including phenoxy) is 1. The van der Waals surface area contributed by atoms with Gasteiger partial charge in [0.15, 0.2) is 9.84 Å². The second-order valence-corrected chi connectivity index (χ2v) is 7.73. The van der Waals surface area contributed by atoms with Crippen molar-refractivity contribution in [2.24, 2.45) is 5.73 Å². The Morgan fingerprint density at radius 1 is 1.26 bits per heavy atom. The summed E-state index contributed by atoms with van der Waals surface area (Å²) >= 11 is 0. The molecule has 1 aromatic carbocycles. The molecule has 4 nitrogen and oxygen atoms in total. The van der Waals surface area contributed by atoms with Gasteiger partial charge in [-0.3, -0.25) is 0 Å². The SMILES string of the molecule is N[C@@H]1CCCc2ccc(OC3CCS(=O)(=O)C3)cc21. The Balaban J connectivity index is 1.77. The molecular weight excluding hydrogens is 262 g/mol. The third-order valence-electron chi connectivity index (χ3n) is 3.97. The van der Waals surface area contributed by atoms with Crippen LogP contribution in [0.1, 0.15) is 36.4 Å². The third-order valence-corrected chi connectivity index (χ3v) is 5.71. The fourth-order valence-corrected chi connectivity index (χ4v) is 4.52. The van der Waals surface area contributed by atoms with Gasteiger partial charge in [0.1, 0.15) is 11.9 Å². The van der Waals surface area contributed by atoms with Crippen LogP contribution in [0.3, 0.4) is 0 Å². The second kappa shape index (κ2) is 4.80. The normalized spacial score (nSPS) is 28.9. The van der Waals surface area contributed by atoms with Crippen molar-refractivity contribution in [1.29, 1.82) is 0 Å². The maximum Gasteiger partial charge on any atom is 0.154 e. The molecule has 3 rings (SSSR count). The van der Waals surface area contributed by atoms with Crippen molar-refractivity contribution in [3.8, 4) is 5.75 Å². The number of hydrogen-bond donors (Lipinski definition) is 1. The molecule has 0 radical (unpaired) electrons. The zero-order chi connectivity index (χ0) is 13.5. The maximum atomic E-state index is 11.4. The van der Waals surface area contributed by atoms with E-state index in [0.29, 0.717) is 6.42 Å². The first-order chi connectivity index (χ1) is 9.03. The molecular formula is C14H19NO3S. The molecule has 1 aromatic rings. The Bertz CT molecular complexity index is 582. The van der Waals surface area contributed by atoms with Crippen LogP contribution in [0.5, 0.6) is 5.75 Å². The second-order valence-electron chi connectivity index (χ2n) is 5.50. The summed E-state index contributed by atoms with van der Waals surface area (Å²) in [5.74, 6) is 1.12. The van der Waals surface area contributed by atoms with Crippen molar-refractivity contribution in [2.75, 3.05) is 11.5 Å². The Morgan fingerprint density at radius 3 is 2.84 bits per heavy atom. The predicted octanol–water partition coefficient (Wildman–Crippen LogP) is 1.59. The van der Waals surface area contributed by atoms with E-state index in [1.54, 1.807) is 0 Å². The zero-order valence-corrected chi connectivity index (χ0v) is 11.7. The molecule has 5 heteroatoms. The van der Waals surface area contributed by atoms with Gasteiger partial charge in [-0.25, -0.2) is 8.42 Å². The molecule has 1 saturated heterocycles. The van der Waals surface area contributed by atoms with Gasteiger partial charge in [0.05, 0.1) is 11.5 Å². The van der Waals surface area contributed by atoms with Gasteiger partial charge in [-0.2, -0.15) is 0 Å². The van der Waals surface area contributed by atoms with Crippen molar-refractivity contribution < 1.29 is 13.2 Å². The molecule has 0 saturated carbocycles. The molecule has 0 bridgehead atoms. The smallest absolute Gasteiger partial charge is 0.154 e. The molecule has 0 aromatic heterocycles. The van der Waals surface area contributed by atoms with Crippen molar-refractivity contribution in [3.05, 3.63) is 29.3 Å². The first-order valence-electron chi connectivity index (χ1n) is 6.79. The lowest BCUT2D eigenvalue weighted by Gasteiger charge is -2.23. The van der Waals surface area contributed by atoms with E-state index in [1.807, 2.05) is 12.1 Å². The number of benzene rings is 1. The van der Waals surface area contributed by atoms with Crippen LogP contribution in [0.4, 0.5) is 0 Å². The van der Waals surface area contributed by atoms with E-state index >= 15 is 0 Å². The van der Waals surface area contributed by atoms with Crippen LogP contribution >= 0.6 is 0 Å². The molecule has 1 unspecified atom stereocenters.